The maximum absolute atomic E-state index is 13.1. The molecule has 0 fully saturated rings. The van der Waals surface area contributed by atoms with Gasteiger partial charge in [0.05, 0.1) is 41.4 Å². The van der Waals surface area contributed by atoms with Gasteiger partial charge in [0.2, 0.25) is 0 Å². The van der Waals surface area contributed by atoms with Crippen LogP contribution in [0, 0.1) is 0 Å². The first-order chi connectivity index (χ1) is 12.8. The van der Waals surface area contributed by atoms with Gasteiger partial charge in [-0.3, -0.25) is 4.31 Å². The summed E-state index contributed by atoms with van der Waals surface area (Å²) in [6.07, 6.45) is 1.46. The van der Waals surface area contributed by atoms with Crippen LogP contribution in [-0.2, 0) is 14.8 Å². The van der Waals surface area contributed by atoms with Crippen LogP contribution in [0.1, 0.15) is 17.3 Å². The van der Waals surface area contributed by atoms with Gasteiger partial charge in [0.1, 0.15) is 5.75 Å². The second-order valence-electron chi connectivity index (χ2n) is 5.38. The van der Waals surface area contributed by atoms with Gasteiger partial charge < -0.3 is 9.47 Å². The van der Waals surface area contributed by atoms with Crippen LogP contribution in [-0.4, -0.2) is 34.6 Å². The molecule has 0 radical (unpaired) electrons. The average Bonchev–Trinajstić information content (AvgIpc) is 2.66. The van der Waals surface area contributed by atoms with Crippen molar-refractivity contribution in [1.82, 2.24) is 0 Å². The molecule has 27 heavy (non-hydrogen) atoms. The highest BCUT2D eigenvalue weighted by Gasteiger charge is 2.25. The van der Waals surface area contributed by atoms with Gasteiger partial charge in [-0.05, 0) is 49.4 Å². The summed E-state index contributed by atoms with van der Waals surface area (Å²) in [5.74, 6) is -0.0786. The predicted molar refractivity (Wildman–Crippen MR) is 105 cm³/mol. The summed E-state index contributed by atoms with van der Waals surface area (Å²) in [4.78, 5) is 12.0. The van der Waals surface area contributed by atoms with Crippen molar-refractivity contribution in [1.29, 1.82) is 0 Å². The van der Waals surface area contributed by atoms with E-state index < -0.39 is 16.0 Å². The highest BCUT2D eigenvalue weighted by atomic mass is 35.5. The number of hydrogen-bond donors (Lipinski definition) is 0. The largest absolute Gasteiger partial charge is 0.494 e. The van der Waals surface area contributed by atoms with Gasteiger partial charge in [0, 0.05) is 0 Å². The zero-order valence-corrected chi connectivity index (χ0v) is 16.6. The Morgan fingerprint density at radius 2 is 1.89 bits per heavy atom. The van der Waals surface area contributed by atoms with E-state index in [2.05, 4.69) is 6.58 Å². The molecule has 0 amide bonds. The molecule has 0 heterocycles. The minimum atomic E-state index is -3.90. The molecule has 0 bridgehead atoms. The minimum Gasteiger partial charge on any atom is -0.494 e. The van der Waals surface area contributed by atoms with Crippen LogP contribution in [0.5, 0.6) is 5.75 Å². The molecule has 0 spiro atoms. The predicted octanol–water partition coefficient (Wildman–Crippen LogP) is 3.91. The van der Waals surface area contributed by atoms with E-state index in [-0.39, 0.29) is 27.7 Å². The lowest BCUT2D eigenvalue weighted by atomic mass is 10.2. The molecular weight excluding hydrogens is 390 g/mol. The fourth-order valence-electron chi connectivity index (χ4n) is 2.40. The SMILES string of the molecule is C=CCN(c1ccc(Cl)c(C(=O)OC)c1)S(=O)(=O)c1ccc(OCC)cc1. The third kappa shape index (κ3) is 4.61. The number of anilines is 1. The van der Waals surface area contributed by atoms with Gasteiger partial charge in [-0.2, -0.15) is 0 Å². The number of sulfonamides is 1. The number of carbonyl (C=O) groups is 1. The van der Waals surface area contributed by atoms with Crippen LogP contribution >= 0.6 is 11.6 Å². The van der Waals surface area contributed by atoms with Crippen molar-refractivity contribution in [3.05, 3.63) is 65.7 Å². The van der Waals surface area contributed by atoms with Crippen molar-refractivity contribution in [2.24, 2.45) is 0 Å². The molecule has 6 nitrogen and oxygen atoms in total. The zero-order chi connectivity index (χ0) is 20.0. The number of ether oxygens (including phenoxy) is 2. The Morgan fingerprint density at radius 1 is 1.22 bits per heavy atom. The molecule has 0 unspecified atom stereocenters. The molecule has 0 aromatic heterocycles. The molecule has 0 saturated heterocycles. The molecule has 0 atom stereocenters. The fraction of sp³-hybridized carbons (Fsp3) is 0.211. The summed E-state index contributed by atoms with van der Waals surface area (Å²) in [6, 6.07) is 10.5. The van der Waals surface area contributed by atoms with Crippen LogP contribution in [0.25, 0.3) is 0 Å². The van der Waals surface area contributed by atoms with E-state index in [1.165, 1.54) is 43.5 Å². The number of halogens is 1. The smallest absolute Gasteiger partial charge is 0.339 e. The summed E-state index contributed by atoms with van der Waals surface area (Å²) in [5, 5.41) is 0.169. The fourth-order valence-corrected chi connectivity index (χ4v) is 4.02. The number of methoxy groups -OCH3 is 1. The second kappa shape index (κ2) is 8.92. The molecule has 2 aromatic carbocycles. The van der Waals surface area contributed by atoms with Gasteiger partial charge >= 0.3 is 5.97 Å². The number of rotatable bonds is 8. The summed E-state index contributed by atoms with van der Waals surface area (Å²) >= 11 is 6.03. The third-order valence-electron chi connectivity index (χ3n) is 3.66. The topological polar surface area (TPSA) is 72.9 Å². The summed E-state index contributed by atoms with van der Waals surface area (Å²) in [7, 11) is -2.67. The lowest BCUT2D eigenvalue weighted by Crippen LogP contribution is -2.31. The Morgan fingerprint density at radius 3 is 2.44 bits per heavy atom. The van der Waals surface area contributed by atoms with Crippen LogP contribution in [0.3, 0.4) is 0 Å². The van der Waals surface area contributed by atoms with Crippen molar-refractivity contribution < 1.29 is 22.7 Å². The number of nitrogens with zero attached hydrogens (tertiary/aromatic N) is 1. The summed E-state index contributed by atoms with van der Waals surface area (Å²) < 4.78 is 37.4. The number of benzene rings is 2. The molecule has 0 N–H and O–H groups in total. The average molecular weight is 410 g/mol. The first kappa shape index (κ1) is 20.8. The van der Waals surface area contributed by atoms with Crippen molar-refractivity contribution in [2.75, 3.05) is 24.6 Å². The maximum Gasteiger partial charge on any atom is 0.339 e. The molecule has 144 valence electrons. The van der Waals surface area contributed by atoms with Crippen molar-refractivity contribution in [3.8, 4) is 5.75 Å². The maximum atomic E-state index is 13.1. The first-order valence-corrected chi connectivity index (χ1v) is 9.91. The number of carbonyl (C=O) groups excluding carboxylic acids is 1. The normalized spacial score (nSPS) is 10.9. The Hall–Kier alpha value is -2.51. The lowest BCUT2D eigenvalue weighted by molar-refractivity contribution is 0.0601. The van der Waals surface area contributed by atoms with E-state index >= 15 is 0 Å². The molecule has 0 aliphatic carbocycles. The van der Waals surface area contributed by atoms with E-state index in [9.17, 15) is 13.2 Å². The van der Waals surface area contributed by atoms with Gasteiger partial charge in [-0.1, -0.05) is 17.7 Å². The van der Waals surface area contributed by atoms with Crippen molar-refractivity contribution in [3.63, 3.8) is 0 Å². The molecule has 0 aliphatic rings. The molecule has 2 rings (SSSR count). The lowest BCUT2D eigenvalue weighted by Gasteiger charge is -2.24. The van der Waals surface area contributed by atoms with Crippen LogP contribution < -0.4 is 9.04 Å². The standard InChI is InChI=1S/C19H20ClNO5S/c1-4-12-21(14-6-11-18(20)17(13-14)19(22)25-3)27(23,24)16-9-7-15(8-10-16)26-5-2/h4,6-11,13H,1,5,12H2,2-3H3. The Kier molecular flexibility index (Phi) is 6.87. The van der Waals surface area contributed by atoms with Gasteiger partial charge in [-0.15, -0.1) is 6.58 Å². The van der Waals surface area contributed by atoms with Crippen LogP contribution in [0.15, 0.2) is 60.0 Å². The first-order valence-electron chi connectivity index (χ1n) is 8.09. The van der Waals surface area contributed by atoms with Gasteiger partial charge in [0.15, 0.2) is 0 Å². The molecule has 0 saturated carbocycles. The van der Waals surface area contributed by atoms with E-state index in [1.807, 2.05) is 6.92 Å². The Bertz CT molecular complexity index is 926. The van der Waals surface area contributed by atoms with E-state index in [1.54, 1.807) is 12.1 Å². The Labute approximate surface area is 164 Å². The molecule has 2 aromatic rings. The second-order valence-corrected chi connectivity index (χ2v) is 7.65. The monoisotopic (exact) mass is 409 g/mol. The van der Waals surface area contributed by atoms with E-state index in [0.717, 1.165) is 4.31 Å². The number of hydrogen-bond acceptors (Lipinski definition) is 5. The summed E-state index contributed by atoms with van der Waals surface area (Å²) in [5.41, 5.74) is 0.348. The molecular formula is C19H20ClNO5S. The summed E-state index contributed by atoms with van der Waals surface area (Å²) in [6.45, 7) is 5.96. The minimum absolute atomic E-state index is 0.0117. The molecule has 0 aliphatic heterocycles. The van der Waals surface area contributed by atoms with Crippen molar-refractivity contribution in [2.45, 2.75) is 11.8 Å². The van der Waals surface area contributed by atoms with Crippen LogP contribution in [0.2, 0.25) is 5.02 Å². The Balaban J connectivity index is 2.49. The van der Waals surface area contributed by atoms with Gasteiger partial charge in [0.25, 0.3) is 10.0 Å². The zero-order valence-electron chi connectivity index (χ0n) is 15.0. The van der Waals surface area contributed by atoms with E-state index in [0.29, 0.717) is 12.4 Å². The number of esters is 1. The third-order valence-corrected chi connectivity index (χ3v) is 5.80. The highest BCUT2D eigenvalue weighted by Crippen LogP contribution is 2.29. The molecule has 8 heteroatoms. The van der Waals surface area contributed by atoms with Crippen LogP contribution in [0.4, 0.5) is 5.69 Å². The highest BCUT2D eigenvalue weighted by molar-refractivity contribution is 7.92. The van der Waals surface area contributed by atoms with E-state index in [4.69, 9.17) is 21.1 Å². The van der Waals surface area contributed by atoms with Gasteiger partial charge in [-0.25, -0.2) is 13.2 Å². The van der Waals surface area contributed by atoms with Crippen molar-refractivity contribution >= 4 is 33.3 Å². The quantitative estimate of drug-likeness (QED) is 0.488.